The summed E-state index contributed by atoms with van der Waals surface area (Å²) in [6.07, 6.45) is 1.39. The number of aromatic nitrogens is 2. The van der Waals surface area contributed by atoms with E-state index >= 15 is 0 Å². The van der Waals surface area contributed by atoms with Crippen molar-refractivity contribution in [2.45, 2.75) is 0 Å². The van der Waals surface area contributed by atoms with Crippen LogP contribution < -0.4 is 5.56 Å². The summed E-state index contributed by atoms with van der Waals surface area (Å²) in [6.45, 7) is 0. The molecular weight excluding hydrogens is 340 g/mol. The zero-order valence-corrected chi connectivity index (χ0v) is 14.0. The molecule has 3 heterocycles. The summed E-state index contributed by atoms with van der Waals surface area (Å²) in [5.41, 5.74) is 4.87. The fourth-order valence-electron chi connectivity index (χ4n) is 3.67. The van der Waals surface area contributed by atoms with Crippen LogP contribution in [0, 0.1) is 0 Å². The van der Waals surface area contributed by atoms with Crippen molar-refractivity contribution in [2.75, 3.05) is 0 Å². The Morgan fingerprint density at radius 2 is 1.56 bits per heavy atom. The molecule has 0 saturated heterocycles. The molecular formula is C22H12N2O3. The number of nitrogens with one attached hydrogen (secondary N) is 1. The van der Waals surface area contributed by atoms with Crippen LogP contribution in [0.15, 0.2) is 80.6 Å². The van der Waals surface area contributed by atoms with E-state index in [4.69, 9.17) is 8.83 Å². The molecule has 0 aliphatic heterocycles. The van der Waals surface area contributed by atoms with E-state index in [0.29, 0.717) is 11.1 Å². The Hall–Kier alpha value is -3.86. The minimum atomic E-state index is -0.287. The fraction of sp³-hybridized carbons (Fsp3) is 0. The van der Waals surface area contributed by atoms with Gasteiger partial charge in [0.05, 0.1) is 6.33 Å². The highest BCUT2D eigenvalue weighted by Gasteiger charge is 2.15. The molecule has 0 radical (unpaired) electrons. The third-order valence-corrected chi connectivity index (χ3v) is 4.96. The van der Waals surface area contributed by atoms with Gasteiger partial charge in [-0.15, -0.1) is 0 Å². The molecule has 5 heteroatoms. The first-order chi connectivity index (χ1) is 13.3. The van der Waals surface area contributed by atoms with Crippen LogP contribution in [0.25, 0.3) is 55.1 Å². The number of aromatic amines is 1. The molecule has 0 aliphatic carbocycles. The summed E-state index contributed by atoms with van der Waals surface area (Å²) < 4.78 is 11.8. The van der Waals surface area contributed by atoms with Crippen LogP contribution >= 0.6 is 0 Å². The second kappa shape index (κ2) is 5.08. The molecule has 128 valence electrons. The molecule has 0 bridgehead atoms. The molecule has 0 amide bonds. The fourth-order valence-corrected chi connectivity index (χ4v) is 3.67. The zero-order chi connectivity index (χ0) is 18.0. The third kappa shape index (κ3) is 1.99. The lowest BCUT2D eigenvalue weighted by atomic mass is 10.0. The molecule has 0 fully saturated rings. The van der Waals surface area contributed by atoms with Gasteiger partial charge in [-0.05, 0) is 29.3 Å². The van der Waals surface area contributed by atoms with Crippen LogP contribution in [-0.2, 0) is 0 Å². The van der Waals surface area contributed by atoms with Gasteiger partial charge in [-0.3, -0.25) is 4.79 Å². The Balaban J connectivity index is 1.66. The predicted octanol–water partition coefficient (Wildman–Crippen LogP) is 5.24. The minimum Gasteiger partial charge on any atom is -0.456 e. The predicted molar refractivity (Wildman–Crippen MR) is 105 cm³/mol. The molecule has 6 aromatic rings. The quantitative estimate of drug-likeness (QED) is 0.439. The minimum absolute atomic E-state index is 0.232. The Kier molecular flexibility index (Phi) is 2.69. The number of fused-ring (bicyclic) bond motifs is 6. The summed E-state index contributed by atoms with van der Waals surface area (Å²) in [5, 5.41) is 2.80. The van der Waals surface area contributed by atoms with Crippen LogP contribution in [0.2, 0.25) is 0 Å². The van der Waals surface area contributed by atoms with Gasteiger partial charge in [-0.2, -0.15) is 0 Å². The number of furan rings is 2. The summed E-state index contributed by atoms with van der Waals surface area (Å²) in [4.78, 5) is 18.8. The zero-order valence-electron chi connectivity index (χ0n) is 14.0. The largest absolute Gasteiger partial charge is 0.456 e. The van der Waals surface area contributed by atoms with E-state index in [2.05, 4.69) is 34.2 Å². The smallest absolute Gasteiger partial charge is 0.294 e. The molecule has 3 aromatic carbocycles. The van der Waals surface area contributed by atoms with E-state index < -0.39 is 0 Å². The van der Waals surface area contributed by atoms with Crippen molar-refractivity contribution in [1.82, 2.24) is 9.97 Å². The van der Waals surface area contributed by atoms with Gasteiger partial charge < -0.3 is 13.8 Å². The lowest BCUT2D eigenvalue weighted by molar-refractivity contribution is 0.652. The first-order valence-corrected chi connectivity index (χ1v) is 8.59. The van der Waals surface area contributed by atoms with Crippen molar-refractivity contribution in [3.8, 4) is 11.1 Å². The van der Waals surface area contributed by atoms with Crippen molar-refractivity contribution in [2.24, 2.45) is 0 Å². The van der Waals surface area contributed by atoms with E-state index in [1.165, 1.54) is 6.33 Å². The summed E-state index contributed by atoms with van der Waals surface area (Å²) in [7, 11) is 0. The van der Waals surface area contributed by atoms with Crippen LogP contribution in [0.4, 0.5) is 0 Å². The van der Waals surface area contributed by atoms with Gasteiger partial charge in [-0.25, -0.2) is 4.98 Å². The van der Waals surface area contributed by atoms with Gasteiger partial charge in [0.25, 0.3) is 5.56 Å². The molecule has 5 nitrogen and oxygen atoms in total. The average Bonchev–Trinajstić information content (AvgIpc) is 3.25. The first-order valence-electron chi connectivity index (χ1n) is 8.59. The van der Waals surface area contributed by atoms with Crippen molar-refractivity contribution >= 4 is 44.0 Å². The highest BCUT2D eigenvalue weighted by molar-refractivity contribution is 6.14. The van der Waals surface area contributed by atoms with Crippen LogP contribution in [-0.4, -0.2) is 9.97 Å². The molecule has 27 heavy (non-hydrogen) atoms. The number of hydrogen-bond donors (Lipinski definition) is 1. The lowest BCUT2D eigenvalue weighted by Gasteiger charge is -2.00. The second-order valence-corrected chi connectivity index (χ2v) is 6.54. The molecule has 0 atom stereocenters. The summed E-state index contributed by atoms with van der Waals surface area (Å²) in [6, 6.07) is 20.2. The normalized spacial score (nSPS) is 11.9. The molecule has 6 rings (SSSR count). The number of nitrogens with zero attached hydrogens (tertiary/aromatic N) is 1. The number of H-pyrrole nitrogens is 1. The maximum atomic E-state index is 12.0. The van der Waals surface area contributed by atoms with E-state index in [-0.39, 0.29) is 11.1 Å². The Labute approximate surface area is 151 Å². The van der Waals surface area contributed by atoms with Crippen molar-refractivity contribution in [3.05, 3.63) is 77.3 Å². The molecule has 0 aliphatic rings. The van der Waals surface area contributed by atoms with Gasteiger partial charge in [0.1, 0.15) is 22.3 Å². The van der Waals surface area contributed by atoms with Gasteiger partial charge in [0.15, 0.2) is 0 Å². The van der Waals surface area contributed by atoms with Crippen molar-refractivity contribution < 1.29 is 8.83 Å². The maximum absolute atomic E-state index is 12.0. The van der Waals surface area contributed by atoms with E-state index in [1.54, 1.807) is 0 Å². The number of rotatable bonds is 1. The van der Waals surface area contributed by atoms with Gasteiger partial charge in [0, 0.05) is 22.2 Å². The maximum Gasteiger partial charge on any atom is 0.294 e. The van der Waals surface area contributed by atoms with Crippen LogP contribution in [0.3, 0.4) is 0 Å². The second-order valence-electron chi connectivity index (χ2n) is 6.54. The number of hydrogen-bond acceptors (Lipinski definition) is 4. The monoisotopic (exact) mass is 352 g/mol. The molecule has 0 spiro atoms. The Morgan fingerprint density at radius 3 is 2.44 bits per heavy atom. The summed E-state index contributed by atoms with van der Waals surface area (Å²) in [5.74, 6) is 0. The highest BCUT2D eigenvalue weighted by atomic mass is 16.3. The van der Waals surface area contributed by atoms with Gasteiger partial charge in [-0.1, -0.05) is 36.4 Å². The van der Waals surface area contributed by atoms with Gasteiger partial charge >= 0.3 is 0 Å². The standard InChI is InChI=1S/C22H12N2O3/c25-22-21-20(23-11-24-22)16-9-15-14-7-6-13(12-4-2-1-3-5-12)8-17(14)26-18(15)10-19(16)27-21/h1-11H,(H,23,24,25). The van der Waals surface area contributed by atoms with Crippen LogP contribution in [0.1, 0.15) is 0 Å². The molecule has 3 aromatic heterocycles. The van der Waals surface area contributed by atoms with Crippen molar-refractivity contribution in [3.63, 3.8) is 0 Å². The van der Waals surface area contributed by atoms with E-state index in [1.807, 2.05) is 36.4 Å². The van der Waals surface area contributed by atoms with Crippen LogP contribution in [0.5, 0.6) is 0 Å². The molecule has 0 unspecified atom stereocenters. The van der Waals surface area contributed by atoms with Crippen molar-refractivity contribution in [1.29, 1.82) is 0 Å². The van der Waals surface area contributed by atoms with E-state index in [9.17, 15) is 4.79 Å². The van der Waals surface area contributed by atoms with E-state index in [0.717, 1.165) is 38.5 Å². The first kappa shape index (κ1) is 14.3. The Bertz CT molecular complexity index is 1540. The number of benzene rings is 3. The Morgan fingerprint density at radius 1 is 0.741 bits per heavy atom. The third-order valence-electron chi connectivity index (χ3n) is 4.96. The molecule has 1 N–H and O–H groups in total. The SMILES string of the molecule is O=c1[nH]cnc2c1oc1cc3oc4cc(-c5ccccc5)ccc4c3cc12. The van der Waals surface area contributed by atoms with Gasteiger partial charge in [0.2, 0.25) is 5.58 Å². The molecule has 0 saturated carbocycles. The lowest BCUT2D eigenvalue weighted by Crippen LogP contribution is -2.03. The summed E-state index contributed by atoms with van der Waals surface area (Å²) >= 11 is 0. The highest BCUT2D eigenvalue weighted by Crippen LogP contribution is 2.36. The topological polar surface area (TPSA) is 72.0 Å². The average molecular weight is 352 g/mol.